The lowest BCUT2D eigenvalue weighted by atomic mass is 9.86. The Kier molecular flexibility index (Phi) is 7.24. The van der Waals surface area contributed by atoms with Crippen molar-refractivity contribution in [3.05, 3.63) is 35.8 Å². The topological polar surface area (TPSA) is 128 Å². The summed E-state index contributed by atoms with van der Waals surface area (Å²) in [6.07, 6.45) is -2.89. The minimum Gasteiger partial charge on any atom is -0.480 e. The number of hydrogen-bond acceptors (Lipinski definition) is 7. The monoisotopic (exact) mass is 581 g/mol. The van der Waals surface area contributed by atoms with Gasteiger partial charge in [-0.15, -0.1) is 0 Å². The fourth-order valence-electron chi connectivity index (χ4n) is 5.53. The molecular formula is C26H28F5N7O3. The van der Waals surface area contributed by atoms with Crippen LogP contribution >= 0.6 is 0 Å². The number of methoxy groups -OCH3 is 1. The second kappa shape index (κ2) is 10.4. The molecule has 0 unspecified atom stereocenters. The molecule has 2 aliphatic rings. The van der Waals surface area contributed by atoms with E-state index in [2.05, 4.69) is 20.4 Å². The molecule has 0 bridgehead atoms. The summed E-state index contributed by atoms with van der Waals surface area (Å²) in [5, 5.41) is 6.79. The van der Waals surface area contributed by atoms with E-state index in [1.807, 2.05) is 6.92 Å². The van der Waals surface area contributed by atoms with E-state index >= 15 is 0 Å². The third kappa shape index (κ3) is 5.48. The quantitative estimate of drug-likeness (QED) is 0.439. The van der Waals surface area contributed by atoms with Gasteiger partial charge in [0.05, 0.1) is 24.4 Å². The molecule has 10 nitrogen and oxygen atoms in total. The SMILES string of the molecule is COc1ncc(-c2cc(C(F)(F)F)c3c(N)ncnn23)cc1C(=O)N[C@@H]1CN(C(=O)C2CCC(F)(F)CC2)C[C@@H]1C. The normalized spacial score (nSPS) is 21.3. The van der Waals surface area contributed by atoms with Gasteiger partial charge in [-0.25, -0.2) is 23.3 Å². The lowest BCUT2D eigenvalue weighted by Gasteiger charge is -2.30. The second-order valence-corrected chi connectivity index (χ2v) is 10.6. The van der Waals surface area contributed by atoms with Crippen LogP contribution in [-0.4, -0.2) is 68.5 Å². The van der Waals surface area contributed by atoms with Gasteiger partial charge < -0.3 is 20.7 Å². The van der Waals surface area contributed by atoms with Gasteiger partial charge >= 0.3 is 6.18 Å². The van der Waals surface area contributed by atoms with Crippen LogP contribution in [0.25, 0.3) is 16.8 Å². The maximum absolute atomic E-state index is 13.8. The van der Waals surface area contributed by atoms with E-state index in [0.717, 1.165) is 16.9 Å². The molecule has 0 radical (unpaired) electrons. The van der Waals surface area contributed by atoms with E-state index in [9.17, 15) is 31.5 Å². The van der Waals surface area contributed by atoms with Gasteiger partial charge in [0.15, 0.2) is 5.82 Å². The van der Waals surface area contributed by atoms with E-state index in [-0.39, 0.29) is 72.6 Å². The molecule has 4 heterocycles. The minimum absolute atomic E-state index is 0.0188. The van der Waals surface area contributed by atoms with Crippen molar-refractivity contribution in [3.63, 3.8) is 0 Å². The predicted molar refractivity (Wildman–Crippen MR) is 136 cm³/mol. The minimum atomic E-state index is -4.75. The number of fused-ring (bicyclic) bond motifs is 1. The van der Waals surface area contributed by atoms with Crippen LogP contribution in [0, 0.1) is 11.8 Å². The number of nitrogens with one attached hydrogen (secondary N) is 1. The highest BCUT2D eigenvalue weighted by Crippen LogP contribution is 2.39. The molecule has 3 aromatic heterocycles. The van der Waals surface area contributed by atoms with Crippen molar-refractivity contribution >= 4 is 23.1 Å². The number of alkyl halides is 5. The van der Waals surface area contributed by atoms with E-state index < -0.39 is 41.0 Å². The molecular weight excluding hydrogens is 553 g/mol. The number of hydrogen-bond donors (Lipinski definition) is 2. The Bertz CT molecular complexity index is 1480. The van der Waals surface area contributed by atoms with Crippen LogP contribution in [0.15, 0.2) is 24.7 Å². The van der Waals surface area contributed by atoms with Crippen molar-refractivity contribution in [2.45, 2.75) is 50.7 Å². The number of halogens is 5. The summed E-state index contributed by atoms with van der Waals surface area (Å²) in [5.41, 5.74) is 4.35. The maximum Gasteiger partial charge on any atom is 0.418 e. The van der Waals surface area contributed by atoms with Crippen molar-refractivity contribution in [1.29, 1.82) is 0 Å². The van der Waals surface area contributed by atoms with Crippen molar-refractivity contribution in [3.8, 4) is 17.1 Å². The summed E-state index contributed by atoms with van der Waals surface area (Å²) in [6, 6.07) is 1.74. The van der Waals surface area contributed by atoms with Crippen molar-refractivity contribution < 1.29 is 36.3 Å². The summed E-state index contributed by atoms with van der Waals surface area (Å²) < 4.78 is 74.6. The number of nitrogens with two attached hydrogens (primary N) is 1. The Morgan fingerprint density at radius 3 is 2.51 bits per heavy atom. The van der Waals surface area contributed by atoms with Crippen LogP contribution < -0.4 is 15.8 Å². The molecule has 1 aliphatic heterocycles. The molecule has 15 heteroatoms. The van der Waals surface area contributed by atoms with Crippen LogP contribution in [0.3, 0.4) is 0 Å². The van der Waals surface area contributed by atoms with Gasteiger partial charge in [-0.2, -0.15) is 18.3 Å². The number of nitrogen functional groups attached to an aromatic ring is 1. The third-order valence-electron chi connectivity index (χ3n) is 7.78. The zero-order valence-electron chi connectivity index (χ0n) is 22.2. The number of likely N-dealkylation sites (tertiary alicyclic amines) is 1. The Labute approximate surface area is 231 Å². The maximum atomic E-state index is 13.8. The van der Waals surface area contributed by atoms with Gasteiger partial charge in [-0.1, -0.05) is 6.92 Å². The van der Waals surface area contributed by atoms with E-state index in [0.29, 0.717) is 6.54 Å². The number of nitrogens with zero attached hydrogens (tertiary/aromatic N) is 5. The Morgan fingerprint density at radius 2 is 1.85 bits per heavy atom. The van der Waals surface area contributed by atoms with Gasteiger partial charge in [0.2, 0.25) is 17.7 Å². The highest BCUT2D eigenvalue weighted by atomic mass is 19.4. The van der Waals surface area contributed by atoms with Crippen molar-refractivity contribution in [2.75, 3.05) is 25.9 Å². The zero-order chi connectivity index (χ0) is 29.7. The van der Waals surface area contributed by atoms with Crippen molar-refractivity contribution in [2.24, 2.45) is 11.8 Å². The van der Waals surface area contributed by atoms with Crippen LogP contribution in [0.2, 0.25) is 0 Å². The molecule has 1 saturated heterocycles. The van der Waals surface area contributed by atoms with Crippen LogP contribution in [0.1, 0.15) is 48.5 Å². The van der Waals surface area contributed by atoms with E-state index in [1.165, 1.54) is 19.4 Å². The first-order chi connectivity index (χ1) is 19.3. The Balaban J connectivity index is 1.38. The average Bonchev–Trinajstić information content (AvgIpc) is 3.49. The first-order valence-corrected chi connectivity index (χ1v) is 13.0. The van der Waals surface area contributed by atoms with Gasteiger partial charge in [0.25, 0.3) is 5.91 Å². The number of pyridine rings is 1. The highest BCUT2D eigenvalue weighted by molar-refractivity contribution is 5.98. The zero-order valence-corrected chi connectivity index (χ0v) is 22.2. The highest BCUT2D eigenvalue weighted by Gasteiger charge is 2.42. The van der Waals surface area contributed by atoms with Gasteiger partial charge in [0.1, 0.15) is 17.4 Å². The molecule has 1 saturated carbocycles. The lowest BCUT2D eigenvalue weighted by molar-refractivity contribution is -0.139. The molecule has 3 N–H and O–H groups in total. The predicted octanol–water partition coefficient (Wildman–Crippen LogP) is 3.80. The van der Waals surface area contributed by atoms with E-state index in [4.69, 9.17) is 10.5 Å². The average molecular weight is 582 g/mol. The molecule has 2 atom stereocenters. The molecule has 3 aromatic rings. The number of carbonyl (C=O) groups excluding carboxylic acids is 2. The Morgan fingerprint density at radius 1 is 1.15 bits per heavy atom. The standard InChI is InChI=1S/C26H28F5N7O3/c1-13-10-37(24(40)14-3-5-25(27,28)6-4-14)11-18(13)36-22(39)16-7-15(9-33-23(16)41-2)19-8-17(26(29,30)31)20-21(32)34-12-35-38(19)20/h7-9,12-14,18H,3-6,10-11H2,1-2H3,(H,36,39)(H2,32,34,35)/t13-,18+/m0/s1. The first kappa shape index (κ1) is 28.5. The number of carbonyl (C=O) groups is 2. The molecule has 1 aliphatic carbocycles. The summed E-state index contributed by atoms with van der Waals surface area (Å²) in [5.74, 6) is -4.59. The summed E-state index contributed by atoms with van der Waals surface area (Å²) >= 11 is 0. The van der Waals surface area contributed by atoms with Crippen LogP contribution in [0.4, 0.5) is 27.8 Å². The van der Waals surface area contributed by atoms with Crippen molar-refractivity contribution in [1.82, 2.24) is 29.8 Å². The van der Waals surface area contributed by atoms with Gasteiger partial charge in [0, 0.05) is 43.6 Å². The number of anilines is 1. The fraction of sp³-hybridized carbons (Fsp3) is 0.500. The molecule has 2 fully saturated rings. The molecule has 41 heavy (non-hydrogen) atoms. The first-order valence-electron chi connectivity index (χ1n) is 13.0. The van der Waals surface area contributed by atoms with Crippen LogP contribution in [0.5, 0.6) is 5.88 Å². The van der Waals surface area contributed by atoms with E-state index in [1.54, 1.807) is 4.90 Å². The largest absolute Gasteiger partial charge is 0.480 e. The lowest BCUT2D eigenvalue weighted by Crippen LogP contribution is -2.42. The van der Waals surface area contributed by atoms with Crippen LogP contribution in [-0.2, 0) is 11.0 Å². The third-order valence-corrected chi connectivity index (χ3v) is 7.78. The Hall–Kier alpha value is -4.04. The number of rotatable bonds is 5. The fourth-order valence-corrected chi connectivity index (χ4v) is 5.53. The molecule has 220 valence electrons. The second-order valence-electron chi connectivity index (χ2n) is 10.6. The van der Waals surface area contributed by atoms with Gasteiger partial charge in [-0.05, 0) is 30.9 Å². The molecule has 0 spiro atoms. The summed E-state index contributed by atoms with van der Waals surface area (Å²) in [4.78, 5) is 35.8. The number of aromatic nitrogens is 4. The number of amides is 2. The summed E-state index contributed by atoms with van der Waals surface area (Å²) in [6.45, 7) is 2.40. The molecule has 2 amide bonds. The molecule has 5 rings (SSSR count). The molecule has 0 aromatic carbocycles. The number of ether oxygens (including phenoxy) is 1. The smallest absolute Gasteiger partial charge is 0.418 e. The summed E-state index contributed by atoms with van der Waals surface area (Å²) in [7, 11) is 1.30. The van der Waals surface area contributed by atoms with Gasteiger partial charge in [-0.3, -0.25) is 9.59 Å².